The minimum absolute atomic E-state index is 0.0656. The van der Waals surface area contributed by atoms with Crippen LogP contribution in [0.3, 0.4) is 0 Å². The van der Waals surface area contributed by atoms with E-state index in [0.29, 0.717) is 0 Å². The van der Waals surface area contributed by atoms with Gasteiger partial charge < -0.3 is 15.3 Å². The van der Waals surface area contributed by atoms with Crippen LogP contribution in [0, 0.1) is 0 Å². The van der Waals surface area contributed by atoms with Crippen LogP contribution in [0.25, 0.3) is 0 Å². The number of allylic oxidation sites excluding steroid dienone is 1. The van der Waals surface area contributed by atoms with Gasteiger partial charge in [-0.15, -0.1) is 0 Å². The third-order valence-corrected chi connectivity index (χ3v) is 1.42. The molecule has 0 saturated heterocycles. The summed E-state index contributed by atoms with van der Waals surface area (Å²) in [5.74, 6) is -3.01. The van der Waals surface area contributed by atoms with Crippen LogP contribution < -0.4 is 0 Å². The zero-order valence-electron chi connectivity index (χ0n) is 4.60. The van der Waals surface area contributed by atoms with Crippen LogP contribution in [0.1, 0.15) is 6.92 Å². The lowest BCUT2D eigenvalue weighted by atomic mass is 10.4. The Morgan fingerprint density at radius 1 is 1.22 bits per heavy atom. The van der Waals surface area contributed by atoms with Crippen LogP contribution >= 0.6 is 23.2 Å². The standard InChI is InChI=1S/C4H6Cl2O3/c1-2(5)3(6)4(7,8)9/h7-9H,1H3/b3-2+. The number of aliphatic hydroxyl groups is 3. The average Bonchev–Trinajstić information content (AvgIpc) is 1.62. The van der Waals surface area contributed by atoms with E-state index in [1.165, 1.54) is 6.92 Å². The van der Waals surface area contributed by atoms with E-state index in [-0.39, 0.29) is 5.03 Å². The van der Waals surface area contributed by atoms with Crippen molar-refractivity contribution < 1.29 is 15.3 Å². The highest BCUT2D eigenvalue weighted by Gasteiger charge is 2.24. The molecule has 0 aliphatic rings. The second kappa shape index (κ2) is 2.86. The minimum Gasteiger partial charge on any atom is -0.339 e. The molecule has 0 amide bonds. The van der Waals surface area contributed by atoms with Gasteiger partial charge in [-0.05, 0) is 6.92 Å². The maximum atomic E-state index is 8.29. The molecule has 0 aromatic rings. The van der Waals surface area contributed by atoms with Crippen molar-refractivity contribution in [2.75, 3.05) is 0 Å². The van der Waals surface area contributed by atoms with Crippen LogP contribution in [0.15, 0.2) is 10.1 Å². The van der Waals surface area contributed by atoms with Gasteiger partial charge in [0.1, 0.15) is 5.03 Å². The van der Waals surface area contributed by atoms with Crippen LogP contribution in [-0.4, -0.2) is 21.3 Å². The quantitative estimate of drug-likeness (QED) is 0.500. The van der Waals surface area contributed by atoms with Gasteiger partial charge in [0, 0.05) is 5.03 Å². The minimum atomic E-state index is -3.01. The highest BCUT2D eigenvalue weighted by Crippen LogP contribution is 2.21. The summed E-state index contributed by atoms with van der Waals surface area (Å²) in [6.07, 6.45) is 0. The van der Waals surface area contributed by atoms with Gasteiger partial charge in [-0.1, -0.05) is 23.2 Å². The lowest BCUT2D eigenvalue weighted by Gasteiger charge is -2.12. The van der Waals surface area contributed by atoms with E-state index < -0.39 is 11.0 Å². The zero-order chi connectivity index (χ0) is 7.65. The van der Waals surface area contributed by atoms with Gasteiger partial charge in [0.2, 0.25) is 0 Å². The van der Waals surface area contributed by atoms with Crippen LogP contribution in [0.5, 0.6) is 0 Å². The molecule has 0 aliphatic carbocycles. The molecular weight excluding hydrogens is 167 g/mol. The smallest absolute Gasteiger partial charge is 0.316 e. The van der Waals surface area contributed by atoms with Gasteiger partial charge >= 0.3 is 5.97 Å². The van der Waals surface area contributed by atoms with Crippen molar-refractivity contribution in [3.8, 4) is 0 Å². The highest BCUT2D eigenvalue weighted by atomic mass is 35.5. The van der Waals surface area contributed by atoms with Crippen molar-refractivity contribution in [3.05, 3.63) is 10.1 Å². The molecule has 0 heterocycles. The molecule has 3 nitrogen and oxygen atoms in total. The molecule has 54 valence electrons. The molecule has 0 atom stereocenters. The van der Waals surface area contributed by atoms with Gasteiger partial charge in [0.05, 0.1) is 0 Å². The van der Waals surface area contributed by atoms with E-state index in [1.54, 1.807) is 0 Å². The molecule has 0 aromatic heterocycles. The normalized spacial score (nSPS) is 15.3. The highest BCUT2D eigenvalue weighted by molar-refractivity contribution is 6.39. The van der Waals surface area contributed by atoms with Gasteiger partial charge in [-0.3, -0.25) is 0 Å². The number of halogens is 2. The van der Waals surface area contributed by atoms with E-state index in [4.69, 9.17) is 38.5 Å². The number of rotatable bonds is 1. The Morgan fingerprint density at radius 2 is 1.56 bits per heavy atom. The van der Waals surface area contributed by atoms with Crippen molar-refractivity contribution in [2.24, 2.45) is 0 Å². The first-order valence-corrected chi connectivity index (χ1v) is 2.80. The maximum absolute atomic E-state index is 8.29. The average molecular weight is 173 g/mol. The van der Waals surface area contributed by atoms with E-state index in [1.807, 2.05) is 0 Å². The molecule has 0 unspecified atom stereocenters. The monoisotopic (exact) mass is 172 g/mol. The lowest BCUT2D eigenvalue weighted by molar-refractivity contribution is -0.277. The largest absolute Gasteiger partial charge is 0.339 e. The summed E-state index contributed by atoms with van der Waals surface area (Å²) in [4.78, 5) is 0. The van der Waals surface area contributed by atoms with Crippen molar-refractivity contribution in [1.82, 2.24) is 0 Å². The van der Waals surface area contributed by atoms with Crippen molar-refractivity contribution in [1.29, 1.82) is 0 Å². The Labute approximate surface area is 62.1 Å². The van der Waals surface area contributed by atoms with Crippen molar-refractivity contribution in [3.63, 3.8) is 0 Å². The van der Waals surface area contributed by atoms with E-state index in [2.05, 4.69) is 0 Å². The molecule has 0 aromatic carbocycles. The topological polar surface area (TPSA) is 60.7 Å². The number of hydrogen-bond donors (Lipinski definition) is 3. The molecule has 0 fully saturated rings. The van der Waals surface area contributed by atoms with Gasteiger partial charge in [0.15, 0.2) is 0 Å². The summed E-state index contributed by atoms with van der Waals surface area (Å²) in [5, 5.41) is 24.2. The lowest BCUT2D eigenvalue weighted by Crippen LogP contribution is -2.27. The van der Waals surface area contributed by atoms with Crippen molar-refractivity contribution >= 4 is 23.2 Å². The van der Waals surface area contributed by atoms with E-state index >= 15 is 0 Å². The Hall–Kier alpha value is 0.200. The molecule has 9 heavy (non-hydrogen) atoms. The third-order valence-electron chi connectivity index (χ3n) is 0.597. The van der Waals surface area contributed by atoms with Gasteiger partial charge in [0.25, 0.3) is 0 Å². The predicted molar refractivity (Wildman–Crippen MR) is 33.8 cm³/mol. The van der Waals surface area contributed by atoms with Crippen molar-refractivity contribution in [2.45, 2.75) is 12.9 Å². The summed E-state index contributed by atoms with van der Waals surface area (Å²) >= 11 is 10.3. The molecule has 5 heteroatoms. The summed E-state index contributed by atoms with van der Waals surface area (Å²) in [6.45, 7) is 1.32. The molecule has 0 spiro atoms. The van der Waals surface area contributed by atoms with Gasteiger partial charge in [-0.25, -0.2) is 0 Å². The molecule has 3 N–H and O–H groups in total. The molecule has 0 saturated carbocycles. The Balaban J connectivity index is 4.40. The Bertz CT molecular complexity index is 131. The summed E-state index contributed by atoms with van der Waals surface area (Å²) in [7, 11) is 0. The fourth-order valence-corrected chi connectivity index (χ4v) is 0.358. The zero-order valence-corrected chi connectivity index (χ0v) is 6.11. The second-order valence-electron chi connectivity index (χ2n) is 1.48. The molecular formula is C4H6Cl2O3. The fraction of sp³-hybridized carbons (Fsp3) is 0.500. The van der Waals surface area contributed by atoms with Crippen LogP contribution in [0.2, 0.25) is 0 Å². The summed E-state index contributed by atoms with van der Waals surface area (Å²) in [5.41, 5.74) is 0. The van der Waals surface area contributed by atoms with Crippen LogP contribution in [0.4, 0.5) is 0 Å². The predicted octanol–water partition coefficient (Wildman–Crippen LogP) is 0.326. The van der Waals surface area contributed by atoms with Crippen LogP contribution in [-0.2, 0) is 0 Å². The molecule has 0 rings (SSSR count). The molecule has 0 bridgehead atoms. The van der Waals surface area contributed by atoms with E-state index in [9.17, 15) is 0 Å². The first kappa shape index (κ1) is 9.20. The summed E-state index contributed by atoms with van der Waals surface area (Å²) in [6, 6.07) is 0. The first-order chi connectivity index (χ1) is 3.85. The second-order valence-corrected chi connectivity index (χ2v) is 2.43. The Kier molecular flexibility index (Phi) is 2.92. The fourth-order valence-electron chi connectivity index (χ4n) is 0.231. The third kappa shape index (κ3) is 3.03. The summed E-state index contributed by atoms with van der Waals surface area (Å²) < 4.78 is 0. The molecule has 0 radical (unpaired) electrons. The van der Waals surface area contributed by atoms with Gasteiger partial charge in [-0.2, -0.15) is 0 Å². The first-order valence-electron chi connectivity index (χ1n) is 2.05. The Morgan fingerprint density at radius 3 is 1.56 bits per heavy atom. The van der Waals surface area contributed by atoms with E-state index in [0.717, 1.165) is 0 Å². The maximum Gasteiger partial charge on any atom is 0.316 e. The molecule has 0 aliphatic heterocycles. The SMILES string of the molecule is C/C(Cl)=C(\Cl)C(O)(O)O. The number of hydrogen-bond acceptors (Lipinski definition) is 3.